The summed E-state index contributed by atoms with van der Waals surface area (Å²) >= 11 is 0. The van der Waals surface area contributed by atoms with E-state index < -0.39 is 15.3 Å². The van der Waals surface area contributed by atoms with Gasteiger partial charge < -0.3 is 10.6 Å². The van der Waals surface area contributed by atoms with Gasteiger partial charge in [0, 0.05) is 38.1 Å². The Morgan fingerprint density at radius 1 is 0.889 bits per heavy atom. The van der Waals surface area contributed by atoms with Crippen molar-refractivity contribution in [1.82, 2.24) is 9.21 Å². The van der Waals surface area contributed by atoms with E-state index in [2.05, 4.69) is 0 Å². The first-order chi connectivity index (χ1) is 12.5. The highest BCUT2D eigenvalue weighted by Crippen LogP contribution is 2.38. The fourth-order valence-electron chi connectivity index (χ4n) is 5.71. The molecule has 0 spiro atoms. The maximum absolute atomic E-state index is 13.3. The van der Waals surface area contributed by atoms with E-state index in [1.807, 2.05) is 4.90 Å². The number of hydrogen-bond acceptors (Lipinski definition) is 4. The third kappa shape index (κ3) is 4.16. The molecule has 4 atom stereocenters. The Labute approximate surface area is 169 Å². The number of hydrogen-bond donors (Lipinski definition) is 1. The molecule has 2 aliphatic carbocycles. The van der Waals surface area contributed by atoms with Crippen molar-refractivity contribution in [3.63, 3.8) is 0 Å². The summed E-state index contributed by atoms with van der Waals surface area (Å²) < 4.78 is 28.3. The lowest BCUT2D eigenvalue weighted by molar-refractivity contribution is -0.136. The number of amides is 1. The molecule has 6 nitrogen and oxygen atoms in total. The summed E-state index contributed by atoms with van der Waals surface area (Å²) in [5.74, 6) is 1.07. The fourth-order valence-corrected chi connectivity index (χ4v) is 7.74. The molecule has 1 amide bonds. The van der Waals surface area contributed by atoms with Gasteiger partial charge in [0.05, 0.1) is 5.25 Å². The smallest absolute Gasteiger partial charge is 0.225 e. The lowest BCUT2D eigenvalue weighted by atomic mass is 9.78. The molecule has 0 bridgehead atoms. The Balaban J connectivity index is 0.00000210. The number of halogens is 1. The van der Waals surface area contributed by atoms with E-state index in [-0.39, 0.29) is 30.3 Å². The molecule has 0 radical (unpaired) electrons. The van der Waals surface area contributed by atoms with Crippen LogP contribution in [0.3, 0.4) is 0 Å². The average molecular weight is 420 g/mol. The van der Waals surface area contributed by atoms with Crippen LogP contribution in [0.2, 0.25) is 0 Å². The minimum absolute atomic E-state index is 0. The van der Waals surface area contributed by atoms with E-state index >= 15 is 0 Å². The highest BCUT2D eigenvalue weighted by Gasteiger charge is 2.46. The van der Waals surface area contributed by atoms with Crippen LogP contribution in [0, 0.1) is 17.8 Å². The maximum Gasteiger partial charge on any atom is 0.225 e. The highest BCUT2D eigenvalue weighted by molar-refractivity contribution is 7.89. The summed E-state index contributed by atoms with van der Waals surface area (Å²) in [7, 11) is -3.35. The van der Waals surface area contributed by atoms with Crippen molar-refractivity contribution in [2.45, 2.75) is 69.1 Å². The number of piperidine rings is 1. The molecule has 4 aliphatic rings. The molecule has 156 valence electrons. The third-order valence-electron chi connectivity index (χ3n) is 7.30. The molecule has 2 saturated heterocycles. The Hall–Kier alpha value is -0.370. The van der Waals surface area contributed by atoms with E-state index in [0.29, 0.717) is 37.9 Å². The van der Waals surface area contributed by atoms with Crippen LogP contribution in [0.1, 0.15) is 57.8 Å². The van der Waals surface area contributed by atoms with Crippen molar-refractivity contribution >= 4 is 28.3 Å². The monoisotopic (exact) mass is 419 g/mol. The Morgan fingerprint density at radius 2 is 1.63 bits per heavy atom. The van der Waals surface area contributed by atoms with Crippen LogP contribution in [-0.4, -0.2) is 61.0 Å². The van der Waals surface area contributed by atoms with Crippen LogP contribution >= 0.6 is 12.4 Å². The van der Waals surface area contributed by atoms with E-state index in [1.165, 1.54) is 0 Å². The van der Waals surface area contributed by atoms with Gasteiger partial charge in [-0.15, -0.1) is 12.4 Å². The second-order valence-corrected chi connectivity index (χ2v) is 11.1. The number of carbonyl (C=O) groups is 1. The van der Waals surface area contributed by atoms with Gasteiger partial charge >= 0.3 is 0 Å². The molecule has 0 aromatic rings. The summed E-state index contributed by atoms with van der Waals surface area (Å²) in [6, 6.07) is 0.140. The van der Waals surface area contributed by atoms with Gasteiger partial charge in [0.2, 0.25) is 15.9 Å². The predicted octanol–water partition coefficient (Wildman–Crippen LogP) is 1.98. The van der Waals surface area contributed by atoms with Crippen LogP contribution < -0.4 is 5.73 Å². The van der Waals surface area contributed by atoms with Crippen molar-refractivity contribution in [2.75, 3.05) is 26.2 Å². The first kappa shape index (κ1) is 21.3. The van der Waals surface area contributed by atoms with E-state index in [1.54, 1.807) is 4.31 Å². The van der Waals surface area contributed by atoms with Gasteiger partial charge in [0.15, 0.2) is 0 Å². The van der Waals surface area contributed by atoms with E-state index in [9.17, 15) is 13.2 Å². The molecule has 2 N–H and O–H groups in total. The number of nitrogens with two attached hydrogens (primary N) is 1. The zero-order valence-electron chi connectivity index (χ0n) is 16.1. The van der Waals surface area contributed by atoms with Gasteiger partial charge in [0.1, 0.15) is 0 Å². The lowest BCUT2D eigenvalue weighted by Gasteiger charge is -2.35. The van der Waals surface area contributed by atoms with Crippen LogP contribution in [0.4, 0.5) is 0 Å². The SMILES string of the molecule is Cl.NC1CCCC2CN(S(=O)(=O)C3CCCN(C(=O)C4CCCC4)C3)CC12. The molecule has 0 aromatic carbocycles. The van der Waals surface area contributed by atoms with Gasteiger partial charge in [-0.25, -0.2) is 12.7 Å². The minimum Gasteiger partial charge on any atom is -0.341 e. The Morgan fingerprint density at radius 3 is 2.33 bits per heavy atom. The number of rotatable bonds is 3. The first-order valence-corrected chi connectivity index (χ1v) is 12.0. The van der Waals surface area contributed by atoms with Crippen LogP contribution in [-0.2, 0) is 14.8 Å². The van der Waals surface area contributed by atoms with Gasteiger partial charge in [-0.1, -0.05) is 19.3 Å². The normalized spacial score (nSPS) is 35.7. The number of likely N-dealkylation sites (tertiary alicyclic amines) is 1. The zero-order valence-corrected chi connectivity index (χ0v) is 17.7. The molecule has 0 aromatic heterocycles. The van der Waals surface area contributed by atoms with Crippen molar-refractivity contribution in [3.8, 4) is 0 Å². The quantitative estimate of drug-likeness (QED) is 0.758. The number of fused-ring (bicyclic) bond motifs is 1. The standard InChI is InChI=1S/C19H33N3O3S.ClH/c20-18-9-3-7-15-11-22(13-17(15)18)26(24,25)16-8-4-10-21(12-16)19(23)14-5-1-2-6-14;/h14-18H,1-13,20H2;1H. The molecular formula is C19H34ClN3O3S. The van der Waals surface area contributed by atoms with Crippen molar-refractivity contribution < 1.29 is 13.2 Å². The topological polar surface area (TPSA) is 83.7 Å². The minimum atomic E-state index is -3.35. The van der Waals surface area contributed by atoms with E-state index in [4.69, 9.17) is 5.73 Å². The second-order valence-electron chi connectivity index (χ2n) is 8.91. The summed E-state index contributed by atoms with van der Waals surface area (Å²) in [4.78, 5) is 14.6. The molecule has 2 saturated carbocycles. The molecule has 27 heavy (non-hydrogen) atoms. The lowest BCUT2D eigenvalue weighted by Crippen LogP contribution is -2.50. The molecule has 4 fully saturated rings. The number of sulfonamides is 1. The first-order valence-electron chi connectivity index (χ1n) is 10.5. The summed E-state index contributed by atoms with van der Waals surface area (Å²) in [5.41, 5.74) is 6.26. The van der Waals surface area contributed by atoms with Crippen LogP contribution in [0.15, 0.2) is 0 Å². The Kier molecular flexibility index (Phi) is 6.76. The third-order valence-corrected chi connectivity index (χ3v) is 9.54. The fraction of sp³-hybridized carbons (Fsp3) is 0.947. The van der Waals surface area contributed by atoms with Crippen molar-refractivity contribution in [1.29, 1.82) is 0 Å². The van der Waals surface area contributed by atoms with E-state index in [0.717, 1.165) is 57.9 Å². The molecule has 4 unspecified atom stereocenters. The number of nitrogens with zero attached hydrogens (tertiary/aromatic N) is 2. The summed E-state index contributed by atoms with van der Waals surface area (Å²) in [6.45, 7) is 2.32. The molecule has 2 heterocycles. The number of carbonyl (C=O) groups excluding carboxylic acids is 1. The zero-order chi connectivity index (χ0) is 18.3. The predicted molar refractivity (Wildman–Crippen MR) is 108 cm³/mol. The second kappa shape index (κ2) is 8.56. The molecule has 8 heteroatoms. The summed E-state index contributed by atoms with van der Waals surface area (Å²) in [5, 5.41) is -0.432. The van der Waals surface area contributed by atoms with Crippen molar-refractivity contribution in [2.24, 2.45) is 23.5 Å². The largest absolute Gasteiger partial charge is 0.341 e. The molecule has 4 rings (SSSR count). The van der Waals surface area contributed by atoms with Gasteiger partial charge in [-0.3, -0.25) is 4.79 Å². The molecule has 2 aliphatic heterocycles. The average Bonchev–Trinajstić information content (AvgIpc) is 3.32. The summed E-state index contributed by atoms with van der Waals surface area (Å²) in [6.07, 6.45) is 8.90. The van der Waals surface area contributed by atoms with Crippen LogP contribution in [0.5, 0.6) is 0 Å². The molecular weight excluding hydrogens is 386 g/mol. The van der Waals surface area contributed by atoms with Crippen LogP contribution in [0.25, 0.3) is 0 Å². The van der Waals surface area contributed by atoms with Gasteiger partial charge in [0.25, 0.3) is 0 Å². The van der Waals surface area contributed by atoms with Gasteiger partial charge in [-0.05, 0) is 50.4 Å². The van der Waals surface area contributed by atoms with Crippen molar-refractivity contribution in [3.05, 3.63) is 0 Å². The Bertz CT molecular complexity index is 638. The van der Waals surface area contributed by atoms with Gasteiger partial charge in [-0.2, -0.15) is 0 Å². The maximum atomic E-state index is 13.3. The highest BCUT2D eigenvalue weighted by atomic mass is 35.5.